The summed E-state index contributed by atoms with van der Waals surface area (Å²) in [5.74, 6) is 0. The second-order valence-corrected chi connectivity index (χ2v) is 6.39. The summed E-state index contributed by atoms with van der Waals surface area (Å²) in [7, 11) is 0. The summed E-state index contributed by atoms with van der Waals surface area (Å²) in [5, 5.41) is 3.70. The fraction of sp³-hybridized carbons (Fsp3) is 0.136. The van der Waals surface area contributed by atoms with Gasteiger partial charge < -0.3 is 10.3 Å². The van der Waals surface area contributed by atoms with Crippen molar-refractivity contribution in [1.29, 1.82) is 0 Å². The van der Waals surface area contributed by atoms with Gasteiger partial charge in [-0.1, -0.05) is 42.5 Å². The normalized spacial score (nSPS) is 12.2. The minimum absolute atomic E-state index is 0.184. The van der Waals surface area contributed by atoms with Crippen molar-refractivity contribution in [2.45, 2.75) is 19.4 Å². The fourth-order valence-corrected chi connectivity index (χ4v) is 3.26. The first-order valence-electron chi connectivity index (χ1n) is 8.59. The maximum absolute atomic E-state index is 4.55. The largest absolute Gasteiger partial charge is 0.378 e. The van der Waals surface area contributed by atoms with E-state index in [9.17, 15) is 0 Å². The lowest BCUT2D eigenvalue weighted by atomic mass is 9.99. The lowest BCUT2D eigenvalue weighted by molar-refractivity contribution is 0.778. The van der Waals surface area contributed by atoms with Gasteiger partial charge >= 0.3 is 0 Å². The Morgan fingerprint density at radius 1 is 1.00 bits per heavy atom. The molecule has 0 spiro atoms. The zero-order valence-corrected chi connectivity index (χ0v) is 14.2. The molecule has 3 heteroatoms. The molecule has 0 aliphatic carbocycles. The summed E-state index contributed by atoms with van der Waals surface area (Å²) < 4.78 is 0. The number of nitrogens with one attached hydrogen (secondary N) is 2. The Hall–Kier alpha value is -3.07. The van der Waals surface area contributed by atoms with Gasteiger partial charge in [-0.3, -0.25) is 4.98 Å². The number of nitrogens with zero attached hydrogens (tertiary/aromatic N) is 1. The number of benzene rings is 2. The standard InChI is InChI=1S/C22H21N3/c1-16-7-5-10-19(13-16)25-21(17-8-3-2-4-9-17)14-18-15-24-20-11-6-12-23-22(18)20/h2-13,15,21,24-25H,14H2,1H3. The van der Waals surface area contributed by atoms with Crippen LogP contribution in [-0.2, 0) is 6.42 Å². The van der Waals surface area contributed by atoms with E-state index in [0.29, 0.717) is 0 Å². The molecule has 1 unspecified atom stereocenters. The van der Waals surface area contributed by atoms with Gasteiger partial charge in [-0.05, 0) is 47.9 Å². The molecule has 2 heterocycles. The van der Waals surface area contributed by atoms with Crippen molar-refractivity contribution >= 4 is 16.7 Å². The number of H-pyrrole nitrogens is 1. The van der Waals surface area contributed by atoms with E-state index in [1.807, 2.05) is 12.3 Å². The zero-order valence-electron chi connectivity index (χ0n) is 14.2. The van der Waals surface area contributed by atoms with Gasteiger partial charge in [0.1, 0.15) is 0 Å². The van der Waals surface area contributed by atoms with Gasteiger partial charge in [-0.25, -0.2) is 0 Å². The Kier molecular flexibility index (Phi) is 4.21. The molecular formula is C22H21N3. The van der Waals surface area contributed by atoms with Crippen LogP contribution in [0.3, 0.4) is 0 Å². The number of fused-ring (bicyclic) bond motifs is 1. The molecule has 0 radical (unpaired) electrons. The van der Waals surface area contributed by atoms with Crippen LogP contribution in [-0.4, -0.2) is 9.97 Å². The number of hydrogen-bond donors (Lipinski definition) is 2. The van der Waals surface area contributed by atoms with Crippen LogP contribution < -0.4 is 5.32 Å². The van der Waals surface area contributed by atoms with Gasteiger partial charge in [-0.15, -0.1) is 0 Å². The number of aromatic amines is 1. The van der Waals surface area contributed by atoms with Crippen LogP contribution in [0.1, 0.15) is 22.7 Å². The number of aromatic nitrogens is 2. The van der Waals surface area contributed by atoms with E-state index in [4.69, 9.17) is 0 Å². The van der Waals surface area contributed by atoms with Crippen molar-refractivity contribution in [3.63, 3.8) is 0 Å². The van der Waals surface area contributed by atoms with Crippen molar-refractivity contribution < 1.29 is 0 Å². The Morgan fingerprint density at radius 3 is 2.72 bits per heavy atom. The van der Waals surface area contributed by atoms with Crippen LogP contribution in [0.5, 0.6) is 0 Å². The summed E-state index contributed by atoms with van der Waals surface area (Å²) >= 11 is 0. The number of anilines is 1. The molecular weight excluding hydrogens is 306 g/mol. The molecule has 4 rings (SSSR count). The van der Waals surface area contributed by atoms with Crippen molar-refractivity contribution in [1.82, 2.24) is 9.97 Å². The van der Waals surface area contributed by atoms with Gasteiger partial charge in [-0.2, -0.15) is 0 Å². The maximum atomic E-state index is 4.55. The molecule has 0 saturated carbocycles. The molecule has 124 valence electrons. The minimum atomic E-state index is 0.184. The Bertz CT molecular complexity index is 973. The zero-order chi connectivity index (χ0) is 17.1. The fourth-order valence-electron chi connectivity index (χ4n) is 3.26. The Morgan fingerprint density at radius 2 is 1.88 bits per heavy atom. The molecule has 3 nitrogen and oxygen atoms in total. The van der Waals surface area contributed by atoms with Crippen LogP contribution in [0.4, 0.5) is 5.69 Å². The van der Waals surface area contributed by atoms with Gasteiger partial charge in [0.25, 0.3) is 0 Å². The topological polar surface area (TPSA) is 40.7 Å². The Balaban J connectivity index is 1.68. The van der Waals surface area contributed by atoms with E-state index in [1.165, 1.54) is 16.7 Å². The van der Waals surface area contributed by atoms with Crippen LogP contribution in [0.15, 0.2) is 79.1 Å². The van der Waals surface area contributed by atoms with Crippen molar-refractivity contribution in [3.8, 4) is 0 Å². The molecule has 25 heavy (non-hydrogen) atoms. The van der Waals surface area contributed by atoms with Crippen molar-refractivity contribution in [2.75, 3.05) is 5.32 Å². The van der Waals surface area contributed by atoms with Gasteiger partial charge in [0, 0.05) is 24.5 Å². The number of rotatable bonds is 5. The first-order valence-corrected chi connectivity index (χ1v) is 8.59. The minimum Gasteiger partial charge on any atom is -0.378 e. The molecule has 0 saturated heterocycles. The highest BCUT2D eigenvalue weighted by Crippen LogP contribution is 2.26. The van der Waals surface area contributed by atoms with Crippen molar-refractivity contribution in [3.05, 3.63) is 95.8 Å². The number of hydrogen-bond acceptors (Lipinski definition) is 2. The van der Waals surface area contributed by atoms with Crippen molar-refractivity contribution in [2.24, 2.45) is 0 Å². The molecule has 0 bridgehead atoms. The SMILES string of the molecule is Cc1cccc(NC(Cc2c[nH]c3cccnc23)c2ccccc2)c1. The summed E-state index contributed by atoms with van der Waals surface area (Å²) in [6.45, 7) is 2.12. The molecule has 0 amide bonds. The molecule has 2 aromatic heterocycles. The molecule has 2 aromatic carbocycles. The predicted octanol–water partition coefficient (Wildman–Crippen LogP) is 5.27. The van der Waals surface area contributed by atoms with Crippen LogP contribution in [0, 0.1) is 6.92 Å². The molecule has 1 atom stereocenters. The highest BCUT2D eigenvalue weighted by atomic mass is 14.9. The highest BCUT2D eigenvalue weighted by Gasteiger charge is 2.15. The Labute approximate surface area is 147 Å². The van der Waals surface area contributed by atoms with E-state index in [1.54, 1.807) is 0 Å². The lowest BCUT2D eigenvalue weighted by Gasteiger charge is -2.20. The third-order valence-electron chi connectivity index (χ3n) is 4.50. The quantitative estimate of drug-likeness (QED) is 0.524. The van der Waals surface area contributed by atoms with E-state index in [0.717, 1.165) is 23.1 Å². The highest BCUT2D eigenvalue weighted by molar-refractivity contribution is 5.78. The third kappa shape index (κ3) is 3.41. The average molecular weight is 327 g/mol. The van der Waals surface area contributed by atoms with Crippen LogP contribution >= 0.6 is 0 Å². The average Bonchev–Trinajstić information content (AvgIpc) is 3.05. The predicted molar refractivity (Wildman–Crippen MR) is 104 cm³/mol. The van der Waals surface area contributed by atoms with Gasteiger partial charge in [0.05, 0.1) is 17.1 Å². The van der Waals surface area contributed by atoms with E-state index in [2.05, 4.69) is 89.1 Å². The van der Waals surface area contributed by atoms with E-state index >= 15 is 0 Å². The second-order valence-electron chi connectivity index (χ2n) is 6.39. The third-order valence-corrected chi connectivity index (χ3v) is 4.50. The molecule has 4 aromatic rings. The molecule has 0 fully saturated rings. The number of aryl methyl sites for hydroxylation is 1. The maximum Gasteiger partial charge on any atom is 0.0911 e. The molecule has 0 aliphatic rings. The monoisotopic (exact) mass is 327 g/mol. The summed E-state index contributed by atoms with van der Waals surface area (Å²) in [6, 6.07) is 23.3. The molecule has 2 N–H and O–H groups in total. The first kappa shape index (κ1) is 15.5. The lowest BCUT2D eigenvalue weighted by Crippen LogP contribution is -2.13. The van der Waals surface area contributed by atoms with E-state index < -0.39 is 0 Å². The molecule has 0 aliphatic heterocycles. The second kappa shape index (κ2) is 6.81. The van der Waals surface area contributed by atoms with Gasteiger partial charge in [0.15, 0.2) is 0 Å². The van der Waals surface area contributed by atoms with Gasteiger partial charge in [0.2, 0.25) is 0 Å². The first-order chi connectivity index (χ1) is 12.3. The summed E-state index contributed by atoms with van der Waals surface area (Å²) in [5.41, 5.74) is 7.03. The summed E-state index contributed by atoms with van der Waals surface area (Å²) in [4.78, 5) is 7.88. The van der Waals surface area contributed by atoms with Crippen LogP contribution in [0.2, 0.25) is 0 Å². The number of pyridine rings is 1. The smallest absolute Gasteiger partial charge is 0.0911 e. The summed E-state index contributed by atoms with van der Waals surface area (Å²) in [6.07, 6.45) is 4.80. The van der Waals surface area contributed by atoms with Crippen LogP contribution in [0.25, 0.3) is 11.0 Å². The van der Waals surface area contributed by atoms with E-state index in [-0.39, 0.29) is 6.04 Å².